The summed E-state index contributed by atoms with van der Waals surface area (Å²) in [7, 11) is 0. The van der Waals surface area contributed by atoms with Crippen LogP contribution in [-0.2, 0) is 11.6 Å². The third-order valence-electron chi connectivity index (χ3n) is 3.48. The number of halogens is 4. The first-order chi connectivity index (χ1) is 8.45. The van der Waals surface area contributed by atoms with Gasteiger partial charge in [0.05, 0.1) is 17.0 Å². The van der Waals surface area contributed by atoms with Crippen LogP contribution >= 0.6 is 11.6 Å². The van der Waals surface area contributed by atoms with Crippen LogP contribution in [0.3, 0.4) is 0 Å². The Morgan fingerprint density at radius 1 is 1.39 bits per heavy atom. The lowest BCUT2D eigenvalue weighted by Gasteiger charge is -2.16. The molecular formula is C13H11ClF3N. The monoisotopic (exact) mass is 273 g/mol. The molecule has 1 fully saturated rings. The molecular weight excluding hydrogens is 263 g/mol. The minimum Gasteiger partial charge on any atom is -0.197 e. The second-order valence-corrected chi connectivity index (χ2v) is 4.88. The van der Waals surface area contributed by atoms with Crippen molar-refractivity contribution in [2.75, 3.05) is 5.88 Å². The lowest BCUT2D eigenvalue weighted by Crippen LogP contribution is -2.17. The Bertz CT molecular complexity index is 492. The summed E-state index contributed by atoms with van der Waals surface area (Å²) in [4.78, 5) is 0. The zero-order valence-electron chi connectivity index (χ0n) is 9.47. The molecule has 0 spiro atoms. The van der Waals surface area contributed by atoms with E-state index in [1.165, 1.54) is 12.1 Å². The van der Waals surface area contributed by atoms with Gasteiger partial charge < -0.3 is 0 Å². The molecule has 0 heterocycles. The molecule has 1 aliphatic carbocycles. The number of alkyl halides is 4. The zero-order valence-corrected chi connectivity index (χ0v) is 10.2. The summed E-state index contributed by atoms with van der Waals surface area (Å²) in [5, 5.41) is 9.24. The van der Waals surface area contributed by atoms with Crippen LogP contribution in [0, 0.1) is 17.2 Å². The van der Waals surface area contributed by atoms with Gasteiger partial charge in [-0.05, 0) is 30.4 Å². The van der Waals surface area contributed by atoms with Crippen molar-refractivity contribution in [2.24, 2.45) is 5.92 Å². The third-order valence-corrected chi connectivity index (χ3v) is 3.69. The smallest absolute Gasteiger partial charge is 0.197 e. The molecule has 18 heavy (non-hydrogen) atoms. The van der Waals surface area contributed by atoms with E-state index in [9.17, 15) is 18.4 Å². The van der Waals surface area contributed by atoms with Crippen LogP contribution < -0.4 is 0 Å². The second-order valence-electron chi connectivity index (χ2n) is 4.51. The Morgan fingerprint density at radius 3 is 2.61 bits per heavy atom. The van der Waals surface area contributed by atoms with Crippen LogP contribution in [0.2, 0.25) is 0 Å². The maximum absolute atomic E-state index is 12.9. The summed E-state index contributed by atoms with van der Waals surface area (Å²) in [6.45, 7) is 0. The van der Waals surface area contributed by atoms with E-state index in [1.54, 1.807) is 6.07 Å². The predicted octanol–water partition coefficient (Wildman–Crippen LogP) is 4.12. The topological polar surface area (TPSA) is 23.8 Å². The minimum atomic E-state index is -4.42. The quantitative estimate of drug-likeness (QED) is 0.760. The average molecular weight is 274 g/mol. The molecule has 96 valence electrons. The Hall–Kier alpha value is -1.21. The highest BCUT2D eigenvalue weighted by atomic mass is 35.5. The van der Waals surface area contributed by atoms with Gasteiger partial charge in [0.15, 0.2) is 0 Å². The lowest BCUT2D eigenvalue weighted by molar-refractivity contribution is -0.138. The van der Waals surface area contributed by atoms with E-state index in [-0.39, 0.29) is 11.5 Å². The van der Waals surface area contributed by atoms with Gasteiger partial charge in [-0.3, -0.25) is 0 Å². The number of hydrogen-bond acceptors (Lipinski definition) is 1. The molecule has 1 aliphatic rings. The van der Waals surface area contributed by atoms with Gasteiger partial charge in [-0.2, -0.15) is 18.4 Å². The molecule has 0 amide bonds. The summed E-state index contributed by atoms with van der Waals surface area (Å²) < 4.78 is 38.8. The SMILES string of the molecule is N#CC1(c2ccccc2C(F)(F)F)CC1CCCl. The lowest BCUT2D eigenvalue weighted by atomic mass is 9.89. The molecule has 1 aromatic rings. The van der Waals surface area contributed by atoms with E-state index in [2.05, 4.69) is 6.07 Å². The molecule has 0 saturated heterocycles. The maximum atomic E-state index is 12.9. The fourth-order valence-corrected chi connectivity index (χ4v) is 2.72. The molecule has 2 atom stereocenters. The largest absolute Gasteiger partial charge is 0.416 e. The van der Waals surface area contributed by atoms with Crippen LogP contribution in [0.1, 0.15) is 24.0 Å². The summed E-state index contributed by atoms with van der Waals surface area (Å²) >= 11 is 5.61. The van der Waals surface area contributed by atoms with Crippen molar-refractivity contribution in [3.05, 3.63) is 35.4 Å². The van der Waals surface area contributed by atoms with E-state index in [0.717, 1.165) is 6.07 Å². The van der Waals surface area contributed by atoms with Crippen LogP contribution in [0.25, 0.3) is 0 Å². The first-order valence-corrected chi connectivity index (χ1v) is 6.13. The minimum absolute atomic E-state index is 0.0662. The van der Waals surface area contributed by atoms with Crippen molar-refractivity contribution in [1.29, 1.82) is 5.26 Å². The van der Waals surface area contributed by atoms with Crippen molar-refractivity contribution < 1.29 is 13.2 Å². The van der Waals surface area contributed by atoms with Crippen molar-refractivity contribution in [1.82, 2.24) is 0 Å². The highest BCUT2D eigenvalue weighted by Gasteiger charge is 2.58. The Balaban J connectivity index is 2.44. The van der Waals surface area contributed by atoms with E-state index >= 15 is 0 Å². The van der Waals surface area contributed by atoms with Gasteiger partial charge in [0.25, 0.3) is 0 Å². The molecule has 1 aromatic carbocycles. The summed E-state index contributed by atoms with van der Waals surface area (Å²) in [6, 6.07) is 7.38. The van der Waals surface area contributed by atoms with Crippen molar-refractivity contribution >= 4 is 11.6 Å². The predicted molar refractivity (Wildman–Crippen MR) is 62.2 cm³/mol. The van der Waals surface area contributed by atoms with Gasteiger partial charge in [-0.1, -0.05) is 18.2 Å². The van der Waals surface area contributed by atoms with E-state index in [1.807, 2.05) is 0 Å². The third kappa shape index (κ3) is 2.08. The molecule has 2 rings (SSSR count). The molecule has 2 unspecified atom stereocenters. The summed E-state index contributed by atoms with van der Waals surface area (Å²) in [5.74, 6) is 0.297. The van der Waals surface area contributed by atoms with Crippen LogP contribution in [0.5, 0.6) is 0 Å². The molecule has 0 bridgehead atoms. The summed E-state index contributed by atoms with van der Waals surface area (Å²) in [5.41, 5.74) is -1.61. The molecule has 0 aliphatic heterocycles. The van der Waals surface area contributed by atoms with Gasteiger partial charge in [0.2, 0.25) is 0 Å². The van der Waals surface area contributed by atoms with Gasteiger partial charge in [0, 0.05) is 5.88 Å². The summed E-state index contributed by atoms with van der Waals surface area (Å²) in [6.07, 6.45) is -3.39. The van der Waals surface area contributed by atoms with Gasteiger partial charge in [-0.15, -0.1) is 11.6 Å². The fourth-order valence-electron chi connectivity index (χ4n) is 2.46. The van der Waals surface area contributed by atoms with Crippen molar-refractivity contribution in [2.45, 2.75) is 24.4 Å². The Morgan fingerprint density at radius 2 is 2.06 bits per heavy atom. The normalized spacial score (nSPS) is 26.7. The van der Waals surface area contributed by atoms with Gasteiger partial charge in [-0.25, -0.2) is 0 Å². The molecule has 0 radical (unpaired) electrons. The van der Waals surface area contributed by atoms with Crippen molar-refractivity contribution in [3.8, 4) is 6.07 Å². The van der Waals surface area contributed by atoms with Crippen LogP contribution in [-0.4, -0.2) is 5.88 Å². The molecule has 1 nitrogen and oxygen atoms in total. The highest BCUT2D eigenvalue weighted by molar-refractivity contribution is 6.17. The molecule has 5 heteroatoms. The van der Waals surface area contributed by atoms with Crippen LogP contribution in [0.4, 0.5) is 13.2 Å². The number of benzene rings is 1. The number of rotatable bonds is 3. The fraction of sp³-hybridized carbons (Fsp3) is 0.462. The van der Waals surface area contributed by atoms with E-state index in [0.29, 0.717) is 18.7 Å². The van der Waals surface area contributed by atoms with Crippen molar-refractivity contribution in [3.63, 3.8) is 0 Å². The average Bonchev–Trinajstić information content (AvgIpc) is 3.03. The molecule has 1 saturated carbocycles. The Kier molecular flexibility index (Phi) is 3.29. The molecule has 0 N–H and O–H groups in total. The molecule has 0 aromatic heterocycles. The van der Waals surface area contributed by atoms with E-state index in [4.69, 9.17) is 11.6 Å². The number of nitriles is 1. The number of nitrogens with zero attached hydrogens (tertiary/aromatic N) is 1. The maximum Gasteiger partial charge on any atom is 0.416 e. The zero-order chi connectivity index (χ0) is 13.4. The first-order valence-electron chi connectivity index (χ1n) is 5.59. The number of hydrogen-bond donors (Lipinski definition) is 0. The standard InChI is InChI=1S/C13H11ClF3N/c14-6-5-9-7-12(9,8-18)10-3-1-2-4-11(10)13(15,16)17/h1-4,9H,5-7H2. The van der Waals surface area contributed by atoms with Gasteiger partial charge >= 0.3 is 6.18 Å². The first kappa shape index (κ1) is 13.2. The van der Waals surface area contributed by atoms with E-state index < -0.39 is 17.2 Å². The highest BCUT2D eigenvalue weighted by Crippen LogP contribution is 2.57. The van der Waals surface area contributed by atoms with Gasteiger partial charge in [0.1, 0.15) is 0 Å². The Labute approximate surface area is 108 Å². The van der Waals surface area contributed by atoms with Crippen LogP contribution in [0.15, 0.2) is 24.3 Å². The second kappa shape index (κ2) is 4.47.